The van der Waals surface area contributed by atoms with Gasteiger partial charge in [-0.2, -0.15) is 5.01 Å². The number of imide groups is 1. The average Bonchev–Trinajstić information content (AvgIpc) is 3.28. The van der Waals surface area contributed by atoms with E-state index in [0.717, 1.165) is 14.9 Å². The van der Waals surface area contributed by atoms with E-state index in [9.17, 15) is 14.4 Å². The number of hydrogen-bond acceptors (Lipinski definition) is 7. The van der Waals surface area contributed by atoms with Crippen molar-refractivity contribution in [1.29, 1.82) is 5.41 Å². The van der Waals surface area contributed by atoms with Crippen LogP contribution in [0, 0.1) is 5.41 Å². The van der Waals surface area contributed by atoms with E-state index in [-0.39, 0.29) is 36.6 Å². The normalized spacial score (nSPS) is 12.7. The van der Waals surface area contributed by atoms with Gasteiger partial charge in [0.05, 0.1) is 11.1 Å². The molecule has 0 fully saturated rings. The first-order chi connectivity index (χ1) is 15.0. The third-order valence-electron chi connectivity index (χ3n) is 4.57. The van der Waals surface area contributed by atoms with Crippen molar-refractivity contribution in [2.45, 2.75) is 6.42 Å². The van der Waals surface area contributed by atoms with Crippen molar-refractivity contribution in [2.24, 2.45) is 5.73 Å². The number of nitrogens with one attached hydrogen (secondary N) is 2. The molecule has 4 N–H and O–H groups in total. The van der Waals surface area contributed by atoms with Crippen molar-refractivity contribution >= 4 is 34.9 Å². The topological polar surface area (TPSA) is 160 Å². The first-order valence-electron chi connectivity index (χ1n) is 9.33. The van der Waals surface area contributed by atoms with Crippen LogP contribution in [0.3, 0.4) is 0 Å². The summed E-state index contributed by atoms with van der Waals surface area (Å²) in [7, 11) is 0. The number of nitrogens with zero attached hydrogens (tertiary/aromatic N) is 5. The third kappa shape index (κ3) is 3.73. The Balaban J connectivity index is 1.59. The molecule has 1 aliphatic rings. The van der Waals surface area contributed by atoms with E-state index < -0.39 is 17.9 Å². The highest BCUT2D eigenvalue weighted by atomic mass is 16.7. The van der Waals surface area contributed by atoms with Crippen LogP contribution in [0.15, 0.2) is 48.5 Å². The molecular weight excluding hydrogens is 404 g/mol. The Morgan fingerprint density at radius 1 is 1.10 bits per heavy atom. The van der Waals surface area contributed by atoms with Gasteiger partial charge in [-0.15, -0.1) is 5.10 Å². The predicted molar refractivity (Wildman–Crippen MR) is 108 cm³/mol. The maximum Gasteiger partial charge on any atom is 0.455 e. The van der Waals surface area contributed by atoms with Crippen LogP contribution in [0.5, 0.6) is 0 Å². The molecule has 0 spiro atoms. The van der Waals surface area contributed by atoms with Gasteiger partial charge in [-0.1, -0.05) is 29.1 Å². The molecule has 1 aliphatic heterocycles. The van der Waals surface area contributed by atoms with Gasteiger partial charge >= 0.3 is 6.09 Å². The molecule has 3 amide bonds. The molecular formula is C19H18N8O4. The van der Waals surface area contributed by atoms with Crippen LogP contribution >= 0.6 is 0 Å². The van der Waals surface area contributed by atoms with E-state index in [4.69, 9.17) is 16.0 Å². The van der Waals surface area contributed by atoms with Gasteiger partial charge in [0.15, 0.2) is 5.96 Å². The summed E-state index contributed by atoms with van der Waals surface area (Å²) < 4.78 is 0. The number of rotatable bonds is 6. The molecule has 158 valence electrons. The van der Waals surface area contributed by atoms with Crippen molar-refractivity contribution in [3.63, 3.8) is 0 Å². The number of benzene rings is 2. The van der Waals surface area contributed by atoms with Gasteiger partial charge in [0.1, 0.15) is 11.0 Å². The highest BCUT2D eigenvalue weighted by Gasteiger charge is 2.42. The number of carbonyl (C=O) groups is 3. The second-order valence-electron chi connectivity index (χ2n) is 6.59. The first-order valence-corrected chi connectivity index (χ1v) is 9.33. The van der Waals surface area contributed by atoms with Crippen molar-refractivity contribution in [1.82, 2.24) is 30.5 Å². The number of carbonyl (C=O) groups excluding carboxylic acids is 3. The van der Waals surface area contributed by atoms with E-state index in [1.54, 1.807) is 36.4 Å². The molecule has 2 aromatic carbocycles. The maximum absolute atomic E-state index is 13.0. The molecule has 4 rings (SSSR count). The molecule has 3 aromatic rings. The fraction of sp³-hybridized carbons (Fsp3) is 0.158. The van der Waals surface area contributed by atoms with E-state index in [1.165, 1.54) is 12.1 Å². The van der Waals surface area contributed by atoms with Crippen LogP contribution in [-0.4, -0.2) is 62.1 Å². The predicted octanol–water partition coefficient (Wildman–Crippen LogP) is 0.366. The Hall–Kier alpha value is -4.48. The fourth-order valence-electron chi connectivity index (χ4n) is 3.16. The lowest BCUT2D eigenvalue weighted by Crippen LogP contribution is -2.52. The zero-order chi connectivity index (χ0) is 22.0. The summed E-state index contributed by atoms with van der Waals surface area (Å²) in [6, 6.07) is 13.1. The second kappa shape index (κ2) is 8.10. The van der Waals surface area contributed by atoms with Crippen LogP contribution in [0.25, 0.3) is 11.0 Å². The number of para-hydroxylation sites is 1. The first kappa shape index (κ1) is 19.8. The molecule has 12 nitrogen and oxygen atoms in total. The molecule has 2 heterocycles. The minimum Gasteiger partial charge on any atom is -0.370 e. The van der Waals surface area contributed by atoms with E-state index >= 15 is 0 Å². The van der Waals surface area contributed by atoms with E-state index in [2.05, 4.69) is 15.6 Å². The second-order valence-corrected chi connectivity index (χ2v) is 6.59. The number of nitrogens with two attached hydrogens (primary N) is 1. The SMILES string of the molecule is N=C(N)NCCCN(C(=O)On1nnc2ccccc21)N1C(=O)c2ccccc2C1=O. The summed E-state index contributed by atoms with van der Waals surface area (Å²) in [4.78, 5) is 45.0. The standard InChI is InChI=1S/C19H18N8O4/c20-18(21)22-10-5-11-25(26-16(28)12-6-1-2-7-13(12)17(26)29)19(30)31-27-15-9-4-3-8-14(15)23-24-27/h1-4,6-9H,5,10-11H2,(H4,20,21,22). The fourth-order valence-corrected chi connectivity index (χ4v) is 3.16. The molecule has 31 heavy (non-hydrogen) atoms. The molecule has 0 bridgehead atoms. The minimum atomic E-state index is -0.993. The van der Waals surface area contributed by atoms with Crippen molar-refractivity contribution < 1.29 is 19.2 Å². The summed E-state index contributed by atoms with van der Waals surface area (Å²) in [6.45, 7) is 0.186. The molecule has 0 saturated carbocycles. The summed E-state index contributed by atoms with van der Waals surface area (Å²) in [6.07, 6.45) is -0.715. The van der Waals surface area contributed by atoms with Crippen molar-refractivity contribution in [2.75, 3.05) is 13.1 Å². The number of fused-ring (bicyclic) bond motifs is 2. The number of amides is 3. The number of hydrogen-bond donors (Lipinski definition) is 3. The van der Waals surface area contributed by atoms with Crippen molar-refractivity contribution in [3.05, 3.63) is 59.7 Å². The monoisotopic (exact) mass is 422 g/mol. The Morgan fingerprint density at radius 2 is 1.74 bits per heavy atom. The lowest BCUT2D eigenvalue weighted by molar-refractivity contribution is -0.00733. The van der Waals surface area contributed by atoms with Crippen molar-refractivity contribution in [3.8, 4) is 0 Å². The molecule has 0 aliphatic carbocycles. The van der Waals surface area contributed by atoms with E-state index in [1.807, 2.05) is 0 Å². The Morgan fingerprint density at radius 3 is 2.42 bits per heavy atom. The largest absolute Gasteiger partial charge is 0.455 e. The van der Waals surface area contributed by atoms with Crippen LogP contribution in [0.2, 0.25) is 0 Å². The maximum atomic E-state index is 13.0. The van der Waals surface area contributed by atoms with E-state index in [0.29, 0.717) is 11.0 Å². The third-order valence-corrected chi connectivity index (χ3v) is 4.57. The van der Waals surface area contributed by atoms with Crippen LogP contribution in [0.1, 0.15) is 27.1 Å². The lowest BCUT2D eigenvalue weighted by Gasteiger charge is -2.28. The van der Waals surface area contributed by atoms with Gasteiger partial charge in [0.25, 0.3) is 11.8 Å². The molecule has 1 aromatic heterocycles. The minimum absolute atomic E-state index is 0.0583. The summed E-state index contributed by atoms with van der Waals surface area (Å²) in [5.41, 5.74) is 6.60. The molecule has 0 unspecified atom stereocenters. The van der Waals surface area contributed by atoms with Crippen LogP contribution in [-0.2, 0) is 0 Å². The van der Waals surface area contributed by atoms with Gasteiger partial charge in [0.2, 0.25) is 0 Å². The Bertz CT molecular complexity index is 1160. The number of aromatic nitrogens is 3. The summed E-state index contributed by atoms with van der Waals surface area (Å²) in [5, 5.41) is 19.2. The molecule has 0 saturated heterocycles. The van der Waals surface area contributed by atoms with Gasteiger partial charge in [-0.25, -0.2) is 9.80 Å². The lowest BCUT2D eigenvalue weighted by atomic mass is 10.1. The molecule has 0 atom stereocenters. The molecule has 0 radical (unpaired) electrons. The van der Waals surface area contributed by atoms with Gasteiger partial charge in [-0.05, 0) is 35.9 Å². The van der Waals surface area contributed by atoms with Gasteiger partial charge < -0.3 is 11.1 Å². The number of guanidine groups is 1. The van der Waals surface area contributed by atoms with Gasteiger partial charge in [0, 0.05) is 13.1 Å². The Kier molecular flexibility index (Phi) is 5.18. The van der Waals surface area contributed by atoms with Crippen LogP contribution < -0.4 is 15.9 Å². The van der Waals surface area contributed by atoms with Gasteiger partial charge in [-0.3, -0.25) is 19.8 Å². The smallest absolute Gasteiger partial charge is 0.370 e. The molecule has 12 heteroatoms. The highest BCUT2D eigenvalue weighted by molar-refractivity contribution is 6.21. The summed E-state index contributed by atoms with van der Waals surface area (Å²) >= 11 is 0. The van der Waals surface area contributed by atoms with Crippen LogP contribution in [0.4, 0.5) is 4.79 Å². The zero-order valence-corrected chi connectivity index (χ0v) is 16.2. The highest BCUT2D eigenvalue weighted by Crippen LogP contribution is 2.24. The zero-order valence-electron chi connectivity index (χ0n) is 16.2. The Labute approximate surface area is 175 Å². The quantitative estimate of drug-likeness (QED) is 0.169. The summed E-state index contributed by atoms with van der Waals surface area (Å²) in [5.74, 6) is -1.51. The number of hydrazine groups is 1. The average molecular weight is 422 g/mol.